The fourth-order valence-electron chi connectivity index (χ4n) is 1.92. The second-order valence-electron chi connectivity index (χ2n) is 4.38. The van der Waals surface area contributed by atoms with Crippen LogP contribution >= 0.6 is 39.1 Å². The summed E-state index contributed by atoms with van der Waals surface area (Å²) in [5, 5.41) is 0.542. The van der Waals surface area contributed by atoms with Crippen molar-refractivity contribution < 1.29 is 0 Å². The molecule has 2 aromatic carbocycles. The van der Waals surface area contributed by atoms with Crippen LogP contribution in [0.4, 0.5) is 0 Å². The summed E-state index contributed by atoms with van der Waals surface area (Å²) in [7, 11) is 0. The molecule has 1 atom stereocenters. The minimum atomic E-state index is -0.171. The Morgan fingerprint density at radius 2 is 1.78 bits per heavy atom. The van der Waals surface area contributed by atoms with Gasteiger partial charge in [-0.3, -0.25) is 0 Å². The summed E-state index contributed by atoms with van der Waals surface area (Å²) < 4.78 is 1.11. The molecule has 0 aromatic heterocycles. The molecule has 0 saturated carbocycles. The van der Waals surface area contributed by atoms with Crippen molar-refractivity contribution in [1.82, 2.24) is 0 Å². The number of alkyl halides is 1. The van der Waals surface area contributed by atoms with Gasteiger partial charge < -0.3 is 0 Å². The number of hydrogen-bond donors (Lipinski definition) is 0. The third kappa shape index (κ3) is 2.90. The van der Waals surface area contributed by atoms with Crippen molar-refractivity contribution in [1.29, 1.82) is 0 Å². The van der Waals surface area contributed by atoms with E-state index < -0.39 is 0 Å². The molecule has 1 unspecified atom stereocenters. The van der Waals surface area contributed by atoms with Crippen molar-refractivity contribution >= 4 is 39.1 Å². The fraction of sp³-hybridized carbons (Fsp3) is 0.200. The maximum Gasteiger partial charge on any atom is 0.0838 e. The highest BCUT2D eigenvalue weighted by atomic mass is 79.9. The van der Waals surface area contributed by atoms with Gasteiger partial charge in [0.05, 0.1) is 5.38 Å². The third-order valence-electron chi connectivity index (χ3n) is 2.96. The van der Waals surface area contributed by atoms with Crippen molar-refractivity contribution in [3.63, 3.8) is 0 Å². The molecule has 0 N–H and O–H groups in total. The van der Waals surface area contributed by atoms with Gasteiger partial charge in [-0.2, -0.15) is 0 Å². The molecule has 2 aromatic rings. The van der Waals surface area contributed by atoms with Gasteiger partial charge in [-0.05, 0) is 54.3 Å². The second-order valence-corrected chi connectivity index (χ2v) is 6.10. The number of aryl methyl sites for hydroxylation is 2. The predicted octanol–water partition coefficient (Wildman–Crippen LogP) is 6.05. The molecule has 0 nitrogen and oxygen atoms in total. The van der Waals surface area contributed by atoms with Gasteiger partial charge in [-0.1, -0.05) is 45.7 Å². The van der Waals surface area contributed by atoms with Crippen LogP contribution in [-0.2, 0) is 0 Å². The van der Waals surface area contributed by atoms with Crippen molar-refractivity contribution in [2.75, 3.05) is 0 Å². The van der Waals surface area contributed by atoms with Crippen molar-refractivity contribution in [3.05, 3.63) is 68.1 Å². The maximum atomic E-state index is 6.56. The first-order valence-corrected chi connectivity index (χ1v) is 7.26. The van der Waals surface area contributed by atoms with Gasteiger partial charge in [0.2, 0.25) is 0 Å². The lowest BCUT2D eigenvalue weighted by atomic mass is 9.98. The van der Waals surface area contributed by atoms with Crippen LogP contribution < -0.4 is 0 Å². The van der Waals surface area contributed by atoms with Gasteiger partial charge in [0.25, 0.3) is 0 Å². The zero-order chi connectivity index (χ0) is 13.3. The molecule has 0 aliphatic carbocycles. The standard InChI is InChI=1S/C15H13BrCl2/c1-9-7-14(16)10(2)6-13(9)15(18)11-4-3-5-12(17)8-11/h3-8,15H,1-2H3. The molecule has 18 heavy (non-hydrogen) atoms. The van der Waals surface area contributed by atoms with E-state index in [1.54, 1.807) is 0 Å². The molecule has 0 spiro atoms. The summed E-state index contributed by atoms with van der Waals surface area (Å²) in [4.78, 5) is 0. The topological polar surface area (TPSA) is 0 Å². The fourth-order valence-corrected chi connectivity index (χ4v) is 2.95. The Kier molecular flexibility index (Phi) is 4.37. The molecule has 0 saturated heterocycles. The van der Waals surface area contributed by atoms with Crippen LogP contribution in [0.15, 0.2) is 40.9 Å². The SMILES string of the molecule is Cc1cc(C(Cl)c2cccc(Cl)c2)c(C)cc1Br. The molecule has 0 amide bonds. The molecule has 0 heterocycles. The first-order chi connectivity index (χ1) is 8.49. The Bertz CT molecular complexity index is 579. The molecule has 0 aliphatic rings. The van der Waals surface area contributed by atoms with Crippen LogP contribution in [0.2, 0.25) is 5.02 Å². The molecule has 0 radical (unpaired) electrons. The van der Waals surface area contributed by atoms with E-state index in [0.717, 1.165) is 15.6 Å². The number of halogens is 3. The smallest absolute Gasteiger partial charge is 0.0838 e. The van der Waals surface area contributed by atoms with E-state index in [-0.39, 0.29) is 5.38 Å². The number of rotatable bonds is 2. The zero-order valence-electron chi connectivity index (χ0n) is 10.2. The molecule has 0 fully saturated rings. The van der Waals surface area contributed by atoms with Crippen LogP contribution in [-0.4, -0.2) is 0 Å². The molecule has 94 valence electrons. The van der Waals surface area contributed by atoms with E-state index in [4.69, 9.17) is 23.2 Å². The average Bonchev–Trinajstić information content (AvgIpc) is 2.33. The van der Waals surface area contributed by atoms with Gasteiger partial charge in [0, 0.05) is 9.50 Å². The first kappa shape index (κ1) is 13.9. The summed E-state index contributed by atoms with van der Waals surface area (Å²) in [6.45, 7) is 4.13. The van der Waals surface area contributed by atoms with Crippen molar-refractivity contribution in [2.24, 2.45) is 0 Å². The van der Waals surface area contributed by atoms with Gasteiger partial charge in [-0.25, -0.2) is 0 Å². The molecule has 2 rings (SSSR count). The Morgan fingerprint density at radius 3 is 2.44 bits per heavy atom. The largest absolute Gasteiger partial charge is 0.113 e. The van der Waals surface area contributed by atoms with Gasteiger partial charge in [-0.15, -0.1) is 11.6 Å². The van der Waals surface area contributed by atoms with Gasteiger partial charge >= 0.3 is 0 Å². The Morgan fingerprint density at radius 1 is 1.06 bits per heavy atom. The number of benzene rings is 2. The summed E-state index contributed by atoms with van der Waals surface area (Å²) in [6, 6.07) is 11.9. The van der Waals surface area contributed by atoms with E-state index >= 15 is 0 Å². The van der Waals surface area contributed by atoms with Crippen molar-refractivity contribution in [2.45, 2.75) is 19.2 Å². The summed E-state index contributed by atoms with van der Waals surface area (Å²) >= 11 is 16.1. The Labute approximate surface area is 126 Å². The van der Waals surface area contributed by atoms with E-state index in [1.165, 1.54) is 11.1 Å². The van der Waals surface area contributed by atoms with E-state index in [0.29, 0.717) is 5.02 Å². The van der Waals surface area contributed by atoms with Crippen LogP contribution in [0.25, 0.3) is 0 Å². The van der Waals surface area contributed by atoms with E-state index in [2.05, 4.69) is 41.9 Å². The molecule has 3 heteroatoms. The summed E-state index contributed by atoms with van der Waals surface area (Å²) in [6.07, 6.45) is 0. The summed E-state index contributed by atoms with van der Waals surface area (Å²) in [5.74, 6) is 0. The van der Waals surface area contributed by atoms with Gasteiger partial charge in [0.1, 0.15) is 0 Å². The highest BCUT2D eigenvalue weighted by molar-refractivity contribution is 9.10. The van der Waals surface area contributed by atoms with Crippen LogP contribution in [0.5, 0.6) is 0 Å². The Balaban J connectivity index is 2.46. The van der Waals surface area contributed by atoms with E-state index in [9.17, 15) is 0 Å². The lowest BCUT2D eigenvalue weighted by Gasteiger charge is -2.15. The maximum absolute atomic E-state index is 6.56. The third-order valence-corrected chi connectivity index (χ3v) is 4.54. The lowest BCUT2D eigenvalue weighted by molar-refractivity contribution is 1.10. The zero-order valence-corrected chi connectivity index (χ0v) is 13.3. The van der Waals surface area contributed by atoms with Crippen molar-refractivity contribution in [3.8, 4) is 0 Å². The Hall–Kier alpha value is -0.500. The molecule has 0 bridgehead atoms. The normalized spacial score (nSPS) is 12.5. The monoisotopic (exact) mass is 342 g/mol. The summed E-state index contributed by atoms with van der Waals surface area (Å²) in [5.41, 5.74) is 4.50. The first-order valence-electron chi connectivity index (χ1n) is 5.65. The van der Waals surface area contributed by atoms with E-state index in [1.807, 2.05) is 24.3 Å². The highest BCUT2D eigenvalue weighted by Gasteiger charge is 2.14. The van der Waals surface area contributed by atoms with Crippen LogP contribution in [0, 0.1) is 13.8 Å². The highest BCUT2D eigenvalue weighted by Crippen LogP contribution is 2.34. The molecular weight excluding hydrogens is 331 g/mol. The van der Waals surface area contributed by atoms with Gasteiger partial charge in [0.15, 0.2) is 0 Å². The molecule has 0 aliphatic heterocycles. The lowest BCUT2D eigenvalue weighted by Crippen LogP contribution is -1.97. The minimum absolute atomic E-state index is 0.171. The molecular formula is C15H13BrCl2. The second kappa shape index (κ2) is 5.64. The predicted molar refractivity (Wildman–Crippen MR) is 82.8 cm³/mol. The van der Waals surface area contributed by atoms with Crippen LogP contribution in [0.1, 0.15) is 27.6 Å². The number of hydrogen-bond acceptors (Lipinski definition) is 0. The minimum Gasteiger partial charge on any atom is -0.113 e. The van der Waals surface area contributed by atoms with Crippen LogP contribution in [0.3, 0.4) is 0 Å². The quantitative estimate of drug-likeness (QED) is 0.582. The average molecular weight is 344 g/mol.